The molecule has 0 aromatic heterocycles. The molecule has 0 radical (unpaired) electrons. The molecule has 0 saturated carbocycles. The number of nitrogens with zero attached hydrogens (tertiary/aromatic N) is 1. The summed E-state index contributed by atoms with van der Waals surface area (Å²) in [6.45, 7) is 0.479. The molecule has 2 heterocycles. The minimum Gasteiger partial charge on any atom is -0.325 e. The Morgan fingerprint density at radius 2 is 1.94 bits per heavy atom. The maximum Gasteiger partial charge on any atom is 0.416 e. The van der Waals surface area contributed by atoms with E-state index in [1.54, 1.807) is 4.90 Å². The van der Waals surface area contributed by atoms with E-state index in [2.05, 4.69) is 21.5 Å². The van der Waals surface area contributed by atoms with E-state index < -0.39 is 23.1 Å². The molecule has 4 N–H and O–H groups in total. The number of carbonyl (C=O) groups is 2. The summed E-state index contributed by atoms with van der Waals surface area (Å²) >= 11 is 1.18. The van der Waals surface area contributed by atoms with Crippen LogP contribution in [0.1, 0.15) is 5.56 Å². The first kappa shape index (κ1) is 21.6. The first-order chi connectivity index (χ1) is 14.8. The van der Waals surface area contributed by atoms with Crippen LogP contribution in [0.2, 0.25) is 0 Å². The van der Waals surface area contributed by atoms with Crippen LogP contribution in [0.15, 0.2) is 54.6 Å². The number of carbonyl (C=O) groups excluding carboxylic acids is 2. The molecule has 31 heavy (non-hydrogen) atoms. The highest BCUT2D eigenvalue weighted by atomic mass is 32.2. The second-order valence-electron chi connectivity index (χ2n) is 7.11. The maximum atomic E-state index is 13.1. The van der Waals surface area contributed by atoms with Crippen LogP contribution in [0.25, 0.3) is 0 Å². The summed E-state index contributed by atoms with van der Waals surface area (Å²) in [5.74, 6) is -0.902. The summed E-state index contributed by atoms with van der Waals surface area (Å²) in [5.41, 5.74) is 5.37. The number of amides is 2. The SMILES string of the molecule is O=C(CSC1NC2NNCC2C(=O)N1c1ccccc1)Nc1cccc(C(F)(F)F)c1. The van der Waals surface area contributed by atoms with Gasteiger partial charge in [-0.05, 0) is 30.3 Å². The number of anilines is 2. The molecule has 2 aromatic carbocycles. The van der Waals surface area contributed by atoms with Crippen LogP contribution in [0, 0.1) is 5.92 Å². The first-order valence-electron chi connectivity index (χ1n) is 9.54. The van der Waals surface area contributed by atoms with Crippen LogP contribution >= 0.6 is 11.8 Å². The molecular formula is C20H20F3N5O2S. The van der Waals surface area contributed by atoms with Gasteiger partial charge in [0.05, 0.1) is 23.4 Å². The van der Waals surface area contributed by atoms with Gasteiger partial charge in [0.1, 0.15) is 5.50 Å². The Bertz CT molecular complexity index is 959. The lowest BCUT2D eigenvalue weighted by Gasteiger charge is -2.41. The number of fused-ring (bicyclic) bond motifs is 1. The molecule has 0 spiro atoms. The second kappa shape index (κ2) is 8.87. The Morgan fingerprint density at radius 1 is 1.16 bits per heavy atom. The molecule has 3 atom stereocenters. The lowest BCUT2D eigenvalue weighted by molar-refractivity contribution is -0.137. The molecule has 2 aromatic rings. The minimum absolute atomic E-state index is 0.0602. The lowest BCUT2D eigenvalue weighted by Crippen LogP contribution is -2.64. The quantitative estimate of drug-likeness (QED) is 0.559. The van der Waals surface area contributed by atoms with Crippen LogP contribution in [-0.4, -0.2) is 35.8 Å². The number of thioether (sulfide) groups is 1. The highest BCUT2D eigenvalue weighted by Crippen LogP contribution is 2.32. The van der Waals surface area contributed by atoms with E-state index in [9.17, 15) is 22.8 Å². The number of halogens is 3. The largest absolute Gasteiger partial charge is 0.416 e. The third kappa shape index (κ3) is 4.85. The van der Waals surface area contributed by atoms with E-state index >= 15 is 0 Å². The monoisotopic (exact) mass is 451 g/mol. The van der Waals surface area contributed by atoms with E-state index in [-0.39, 0.29) is 29.4 Å². The Hall–Kier alpha value is -2.60. The van der Waals surface area contributed by atoms with Crippen molar-refractivity contribution in [1.82, 2.24) is 16.2 Å². The van der Waals surface area contributed by atoms with Crippen molar-refractivity contribution >= 4 is 35.0 Å². The van der Waals surface area contributed by atoms with Gasteiger partial charge in [0, 0.05) is 17.9 Å². The number of alkyl halides is 3. The zero-order valence-electron chi connectivity index (χ0n) is 16.1. The van der Waals surface area contributed by atoms with Crippen LogP contribution in [0.4, 0.5) is 24.5 Å². The number of hydrogen-bond acceptors (Lipinski definition) is 6. The Labute approximate surface area is 180 Å². The second-order valence-corrected chi connectivity index (χ2v) is 8.18. The van der Waals surface area contributed by atoms with E-state index in [1.165, 1.54) is 23.9 Å². The molecule has 2 saturated heterocycles. The number of benzene rings is 2. The molecule has 4 rings (SSSR count). The number of hydrazine groups is 1. The molecule has 2 fully saturated rings. The van der Waals surface area contributed by atoms with Gasteiger partial charge in [0.25, 0.3) is 0 Å². The zero-order chi connectivity index (χ0) is 22.0. The van der Waals surface area contributed by atoms with Crippen LogP contribution in [0.5, 0.6) is 0 Å². The average Bonchev–Trinajstić information content (AvgIpc) is 3.21. The molecule has 0 bridgehead atoms. The van der Waals surface area contributed by atoms with Gasteiger partial charge in [-0.15, -0.1) is 11.8 Å². The predicted molar refractivity (Wildman–Crippen MR) is 112 cm³/mol. The van der Waals surface area contributed by atoms with Crippen LogP contribution in [0.3, 0.4) is 0 Å². The van der Waals surface area contributed by atoms with E-state index in [1.807, 2.05) is 30.3 Å². The highest BCUT2D eigenvalue weighted by molar-refractivity contribution is 8.00. The van der Waals surface area contributed by atoms with E-state index in [0.29, 0.717) is 12.2 Å². The summed E-state index contributed by atoms with van der Waals surface area (Å²) in [6, 6.07) is 13.6. The summed E-state index contributed by atoms with van der Waals surface area (Å²) in [4.78, 5) is 27.1. The standard InChI is InChI=1S/C20H20F3N5O2S/c21-20(22,23)12-5-4-6-13(9-12)25-16(29)11-31-19-26-17-15(10-24-27-17)18(30)28(19)14-7-2-1-3-8-14/h1-9,15,17,19,24,26-27H,10-11H2,(H,25,29). The Balaban J connectivity index is 1.44. The van der Waals surface area contributed by atoms with Crippen molar-refractivity contribution in [3.8, 4) is 0 Å². The third-order valence-corrected chi connectivity index (χ3v) is 6.06. The molecule has 3 unspecified atom stereocenters. The van der Waals surface area contributed by atoms with Gasteiger partial charge in [0.15, 0.2) is 0 Å². The van der Waals surface area contributed by atoms with Crippen molar-refractivity contribution in [2.75, 3.05) is 22.5 Å². The predicted octanol–water partition coefficient (Wildman–Crippen LogP) is 2.35. The average molecular weight is 451 g/mol. The van der Waals surface area contributed by atoms with Crippen molar-refractivity contribution < 1.29 is 22.8 Å². The van der Waals surface area contributed by atoms with Crippen LogP contribution in [-0.2, 0) is 15.8 Å². The Morgan fingerprint density at radius 3 is 2.68 bits per heavy atom. The first-order valence-corrected chi connectivity index (χ1v) is 10.6. The van der Waals surface area contributed by atoms with Crippen molar-refractivity contribution in [3.63, 3.8) is 0 Å². The van der Waals surface area contributed by atoms with Crippen molar-refractivity contribution in [2.45, 2.75) is 17.8 Å². The van der Waals surface area contributed by atoms with Gasteiger partial charge >= 0.3 is 6.18 Å². The number of nitrogens with one attached hydrogen (secondary N) is 4. The Kier molecular flexibility index (Phi) is 6.19. The fourth-order valence-electron chi connectivity index (χ4n) is 3.51. The third-order valence-electron chi connectivity index (χ3n) is 4.97. The van der Waals surface area contributed by atoms with Gasteiger partial charge in [0.2, 0.25) is 11.8 Å². The highest BCUT2D eigenvalue weighted by Gasteiger charge is 2.44. The van der Waals surface area contributed by atoms with Gasteiger partial charge in [-0.25, -0.2) is 5.43 Å². The van der Waals surface area contributed by atoms with Crippen molar-refractivity contribution in [3.05, 3.63) is 60.2 Å². The molecule has 2 aliphatic heterocycles. The lowest BCUT2D eigenvalue weighted by atomic mass is 10.0. The smallest absolute Gasteiger partial charge is 0.325 e. The van der Waals surface area contributed by atoms with Gasteiger partial charge < -0.3 is 5.32 Å². The number of hydrogen-bond donors (Lipinski definition) is 4. The topological polar surface area (TPSA) is 85.5 Å². The molecular weight excluding hydrogens is 431 g/mol. The van der Waals surface area contributed by atoms with Crippen LogP contribution < -0.4 is 26.4 Å². The molecule has 11 heteroatoms. The summed E-state index contributed by atoms with van der Waals surface area (Å²) < 4.78 is 38.6. The summed E-state index contributed by atoms with van der Waals surface area (Å²) in [6.07, 6.45) is -4.77. The minimum atomic E-state index is -4.49. The maximum absolute atomic E-state index is 13.1. The van der Waals surface area contributed by atoms with Crippen molar-refractivity contribution in [1.29, 1.82) is 0 Å². The number of para-hydroxylation sites is 1. The van der Waals surface area contributed by atoms with Crippen molar-refractivity contribution in [2.24, 2.45) is 5.92 Å². The fourth-order valence-corrected chi connectivity index (χ4v) is 4.51. The number of rotatable bonds is 5. The normalized spacial score (nSPS) is 23.5. The van der Waals surface area contributed by atoms with Gasteiger partial charge in [-0.1, -0.05) is 24.3 Å². The van der Waals surface area contributed by atoms with E-state index in [4.69, 9.17) is 0 Å². The molecule has 2 amide bonds. The van der Waals surface area contributed by atoms with E-state index in [0.717, 1.165) is 12.1 Å². The zero-order valence-corrected chi connectivity index (χ0v) is 17.0. The van der Waals surface area contributed by atoms with Gasteiger partial charge in [-0.2, -0.15) is 13.2 Å². The molecule has 0 aliphatic carbocycles. The summed E-state index contributed by atoms with van der Waals surface area (Å²) in [7, 11) is 0. The molecule has 7 nitrogen and oxygen atoms in total. The summed E-state index contributed by atoms with van der Waals surface area (Å²) in [5, 5.41) is 5.80. The molecule has 2 aliphatic rings. The fraction of sp³-hybridized carbons (Fsp3) is 0.300. The molecule has 164 valence electrons. The van der Waals surface area contributed by atoms with Gasteiger partial charge in [-0.3, -0.25) is 25.2 Å².